The second kappa shape index (κ2) is 4.49. The smallest absolute Gasteiger partial charge is 0.183 e. The summed E-state index contributed by atoms with van der Waals surface area (Å²) in [7, 11) is 1.89. The highest BCUT2D eigenvalue weighted by Crippen LogP contribution is 2.31. The van der Waals surface area contributed by atoms with Crippen molar-refractivity contribution in [2.75, 3.05) is 12.4 Å². The van der Waals surface area contributed by atoms with Crippen LogP contribution in [0.3, 0.4) is 0 Å². The van der Waals surface area contributed by atoms with Gasteiger partial charge in [0.15, 0.2) is 5.13 Å². The third kappa shape index (κ3) is 1.74. The second-order valence-electron chi connectivity index (χ2n) is 3.39. The monoisotopic (exact) mass is 230 g/mol. The minimum atomic E-state index is 0.946. The van der Waals surface area contributed by atoms with Crippen LogP contribution in [-0.4, -0.2) is 12.0 Å². The minimum Gasteiger partial charge on any atom is -0.365 e. The molecule has 0 aliphatic heterocycles. The Bertz CT molecular complexity index is 552. The molecule has 2 rings (SSSR count). The quantitative estimate of drug-likeness (QED) is 0.861. The Morgan fingerprint density at radius 3 is 2.88 bits per heavy atom. The lowest BCUT2D eigenvalue weighted by molar-refractivity contribution is 1.41. The number of allylic oxidation sites excluding steroid dienone is 1. The SMILES string of the molecule is C=Cc1ccc2sc(NC)nc2c1/C=C\C. The first-order valence-electron chi connectivity index (χ1n) is 5.16. The maximum Gasteiger partial charge on any atom is 0.183 e. The van der Waals surface area contributed by atoms with E-state index in [9.17, 15) is 0 Å². The van der Waals surface area contributed by atoms with E-state index in [1.54, 1.807) is 11.3 Å². The summed E-state index contributed by atoms with van der Waals surface area (Å²) in [5, 5.41) is 4.03. The van der Waals surface area contributed by atoms with Crippen molar-refractivity contribution >= 4 is 38.8 Å². The van der Waals surface area contributed by atoms with Crippen molar-refractivity contribution in [3.63, 3.8) is 0 Å². The topological polar surface area (TPSA) is 24.9 Å². The lowest BCUT2D eigenvalue weighted by Crippen LogP contribution is -1.86. The van der Waals surface area contributed by atoms with Gasteiger partial charge in [-0.1, -0.05) is 42.2 Å². The summed E-state index contributed by atoms with van der Waals surface area (Å²) in [6.45, 7) is 5.84. The third-order valence-corrected chi connectivity index (χ3v) is 3.44. The van der Waals surface area contributed by atoms with Gasteiger partial charge in [-0.25, -0.2) is 4.98 Å². The maximum absolute atomic E-state index is 4.57. The first kappa shape index (κ1) is 10.9. The van der Waals surface area contributed by atoms with Crippen LogP contribution in [0.15, 0.2) is 24.8 Å². The Morgan fingerprint density at radius 2 is 2.25 bits per heavy atom. The standard InChI is InChI=1S/C13H14N2S/c1-4-6-10-9(5-2)7-8-11-12(10)15-13(14-3)16-11/h4-8H,2H2,1,3H3,(H,14,15)/b6-4-. The minimum absolute atomic E-state index is 0.946. The van der Waals surface area contributed by atoms with Crippen molar-refractivity contribution in [3.05, 3.63) is 35.9 Å². The van der Waals surface area contributed by atoms with Crippen molar-refractivity contribution < 1.29 is 0 Å². The summed E-state index contributed by atoms with van der Waals surface area (Å²) < 4.78 is 1.20. The summed E-state index contributed by atoms with van der Waals surface area (Å²) in [5.41, 5.74) is 3.32. The molecule has 0 amide bonds. The molecule has 16 heavy (non-hydrogen) atoms. The van der Waals surface area contributed by atoms with Crippen molar-refractivity contribution in [1.29, 1.82) is 0 Å². The van der Waals surface area contributed by atoms with Crippen LogP contribution in [0, 0.1) is 0 Å². The van der Waals surface area contributed by atoms with Crippen LogP contribution in [0.25, 0.3) is 22.4 Å². The predicted molar refractivity (Wildman–Crippen MR) is 74.0 cm³/mol. The second-order valence-corrected chi connectivity index (χ2v) is 4.42. The molecule has 2 nitrogen and oxygen atoms in total. The van der Waals surface area contributed by atoms with E-state index in [-0.39, 0.29) is 0 Å². The van der Waals surface area contributed by atoms with E-state index >= 15 is 0 Å². The average molecular weight is 230 g/mol. The largest absolute Gasteiger partial charge is 0.365 e. The molecule has 0 bridgehead atoms. The number of nitrogens with zero attached hydrogens (tertiary/aromatic N) is 1. The molecule has 0 unspecified atom stereocenters. The first-order valence-corrected chi connectivity index (χ1v) is 5.98. The summed E-state index contributed by atoms with van der Waals surface area (Å²) in [5.74, 6) is 0. The lowest BCUT2D eigenvalue weighted by Gasteiger charge is -2.01. The number of aromatic nitrogens is 1. The van der Waals surface area contributed by atoms with E-state index in [1.165, 1.54) is 4.70 Å². The zero-order valence-electron chi connectivity index (χ0n) is 9.45. The van der Waals surface area contributed by atoms with E-state index in [1.807, 2.05) is 26.1 Å². The van der Waals surface area contributed by atoms with E-state index in [0.717, 1.165) is 21.8 Å². The van der Waals surface area contributed by atoms with Gasteiger partial charge in [-0.05, 0) is 18.6 Å². The van der Waals surface area contributed by atoms with E-state index < -0.39 is 0 Å². The summed E-state index contributed by atoms with van der Waals surface area (Å²) >= 11 is 1.67. The molecular formula is C13H14N2S. The fraction of sp³-hybridized carbons (Fsp3) is 0.154. The number of thiazole rings is 1. The molecular weight excluding hydrogens is 216 g/mol. The fourth-order valence-electron chi connectivity index (χ4n) is 1.66. The zero-order valence-corrected chi connectivity index (χ0v) is 10.3. The zero-order chi connectivity index (χ0) is 11.5. The van der Waals surface area contributed by atoms with Gasteiger partial charge < -0.3 is 5.32 Å². The molecule has 0 radical (unpaired) electrons. The van der Waals surface area contributed by atoms with Crippen molar-refractivity contribution in [2.45, 2.75) is 6.92 Å². The molecule has 0 aliphatic carbocycles. The lowest BCUT2D eigenvalue weighted by atomic mass is 10.1. The van der Waals surface area contributed by atoms with Crippen LogP contribution < -0.4 is 5.32 Å². The summed E-state index contributed by atoms with van der Waals surface area (Å²) in [6.07, 6.45) is 5.98. The number of anilines is 1. The third-order valence-electron chi connectivity index (χ3n) is 2.40. The molecule has 2 aromatic rings. The number of benzene rings is 1. The molecule has 1 aromatic carbocycles. The van der Waals surface area contributed by atoms with Crippen molar-refractivity contribution in [2.24, 2.45) is 0 Å². The fourth-order valence-corrected chi connectivity index (χ4v) is 2.49. The van der Waals surface area contributed by atoms with Gasteiger partial charge in [0.05, 0.1) is 10.2 Å². The number of rotatable bonds is 3. The molecule has 1 heterocycles. The highest BCUT2D eigenvalue weighted by atomic mass is 32.1. The van der Waals surface area contributed by atoms with Gasteiger partial charge in [0.1, 0.15) is 0 Å². The molecule has 0 saturated heterocycles. The highest BCUT2D eigenvalue weighted by Gasteiger charge is 2.08. The predicted octanol–water partition coefficient (Wildman–Crippen LogP) is 4.01. The first-order chi connectivity index (χ1) is 7.80. The normalized spacial score (nSPS) is 11.1. The Balaban J connectivity index is 2.76. The van der Waals surface area contributed by atoms with Gasteiger partial charge in [0.2, 0.25) is 0 Å². The molecule has 3 heteroatoms. The maximum atomic E-state index is 4.57. The number of fused-ring (bicyclic) bond motifs is 1. The van der Waals surface area contributed by atoms with Gasteiger partial charge >= 0.3 is 0 Å². The molecule has 0 fully saturated rings. The van der Waals surface area contributed by atoms with E-state index in [0.29, 0.717) is 0 Å². The Hall–Kier alpha value is -1.61. The molecule has 1 aromatic heterocycles. The van der Waals surface area contributed by atoms with E-state index in [4.69, 9.17) is 0 Å². The van der Waals surface area contributed by atoms with Gasteiger partial charge in [-0.2, -0.15) is 0 Å². The Kier molecular flexibility index (Phi) is 3.06. The van der Waals surface area contributed by atoms with Crippen LogP contribution in [-0.2, 0) is 0 Å². The molecule has 0 atom stereocenters. The van der Waals surface area contributed by atoms with Gasteiger partial charge in [-0.15, -0.1) is 0 Å². The van der Waals surface area contributed by atoms with Crippen LogP contribution in [0.2, 0.25) is 0 Å². The summed E-state index contributed by atoms with van der Waals surface area (Å²) in [6, 6.07) is 4.18. The summed E-state index contributed by atoms with van der Waals surface area (Å²) in [4.78, 5) is 4.57. The van der Waals surface area contributed by atoms with E-state index in [2.05, 4.69) is 35.1 Å². The Morgan fingerprint density at radius 1 is 1.44 bits per heavy atom. The van der Waals surface area contributed by atoms with Crippen molar-refractivity contribution in [3.8, 4) is 0 Å². The van der Waals surface area contributed by atoms with Crippen LogP contribution in [0.4, 0.5) is 5.13 Å². The van der Waals surface area contributed by atoms with Gasteiger partial charge in [0.25, 0.3) is 0 Å². The van der Waals surface area contributed by atoms with Crippen LogP contribution in [0.1, 0.15) is 18.1 Å². The molecule has 0 aliphatic rings. The molecule has 0 saturated carbocycles. The van der Waals surface area contributed by atoms with Crippen LogP contribution >= 0.6 is 11.3 Å². The van der Waals surface area contributed by atoms with Gasteiger partial charge in [-0.3, -0.25) is 0 Å². The highest BCUT2D eigenvalue weighted by molar-refractivity contribution is 7.22. The van der Waals surface area contributed by atoms with Gasteiger partial charge in [0, 0.05) is 12.6 Å². The van der Waals surface area contributed by atoms with Crippen LogP contribution in [0.5, 0.6) is 0 Å². The molecule has 82 valence electrons. The molecule has 0 spiro atoms. The van der Waals surface area contributed by atoms with Crippen molar-refractivity contribution in [1.82, 2.24) is 4.98 Å². The number of nitrogens with one attached hydrogen (secondary N) is 1. The molecule has 1 N–H and O–H groups in total. The number of hydrogen-bond acceptors (Lipinski definition) is 3. The number of hydrogen-bond donors (Lipinski definition) is 1. The average Bonchev–Trinajstić information content (AvgIpc) is 2.73. The Labute approximate surface area is 99.3 Å².